The Balaban J connectivity index is 2.60. The Morgan fingerprint density at radius 3 is 2.17 bits per heavy atom. The summed E-state index contributed by atoms with van der Waals surface area (Å²) in [7, 11) is 0. The smallest absolute Gasteiger partial charge is 0.0501 e. The van der Waals surface area contributed by atoms with Crippen LogP contribution in [0.5, 0.6) is 0 Å². The standard InChI is InChI=1S/C14H6Br2Cl2/c15-8-3-7-1-2-10-11(14(7)13(18)6-8)4-9(16)5-12(10)17/h1-6H. The lowest BCUT2D eigenvalue weighted by Crippen LogP contribution is -1.81. The van der Waals surface area contributed by atoms with Gasteiger partial charge in [-0.3, -0.25) is 0 Å². The second kappa shape index (κ2) is 4.68. The molecule has 3 aromatic rings. The van der Waals surface area contributed by atoms with Crippen LogP contribution < -0.4 is 0 Å². The predicted molar refractivity (Wildman–Crippen MR) is 86.9 cm³/mol. The van der Waals surface area contributed by atoms with Crippen molar-refractivity contribution in [2.75, 3.05) is 0 Å². The van der Waals surface area contributed by atoms with Crippen molar-refractivity contribution in [3.8, 4) is 0 Å². The monoisotopic (exact) mass is 402 g/mol. The van der Waals surface area contributed by atoms with Crippen LogP contribution in [0.4, 0.5) is 0 Å². The van der Waals surface area contributed by atoms with Gasteiger partial charge in [-0.1, -0.05) is 67.2 Å². The van der Waals surface area contributed by atoms with Crippen LogP contribution in [-0.2, 0) is 0 Å². The van der Waals surface area contributed by atoms with E-state index in [0.29, 0.717) is 0 Å². The molecule has 0 aromatic heterocycles. The van der Waals surface area contributed by atoms with E-state index in [2.05, 4.69) is 37.9 Å². The molecule has 0 bridgehead atoms. The second-order valence-electron chi connectivity index (χ2n) is 4.03. The minimum Gasteiger partial charge on any atom is -0.0836 e. The number of halogens is 4. The zero-order valence-electron chi connectivity index (χ0n) is 8.98. The summed E-state index contributed by atoms with van der Waals surface area (Å²) in [5, 5.41) is 5.64. The number of benzene rings is 3. The molecular formula is C14H6Br2Cl2. The Morgan fingerprint density at radius 2 is 1.39 bits per heavy atom. The van der Waals surface area contributed by atoms with E-state index >= 15 is 0 Å². The zero-order valence-corrected chi connectivity index (χ0v) is 13.7. The van der Waals surface area contributed by atoms with E-state index < -0.39 is 0 Å². The summed E-state index contributed by atoms with van der Waals surface area (Å²) in [4.78, 5) is 0. The van der Waals surface area contributed by atoms with Crippen molar-refractivity contribution in [1.82, 2.24) is 0 Å². The Morgan fingerprint density at radius 1 is 0.722 bits per heavy atom. The van der Waals surface area contributed by atoms with Gasteiger partial charge in [0.2, 0.25) is 0 Å². The Kier molecular flexibility index (Phi) is 3.31. The van der Waals surface area contributed by atoms with Gasteiger partial charge in [0.15, 0.2) is 0 Å². The van der Waals surface area contributed by atoms with Crippen LogP contribution >= 0.6 is 55.1 Å². The Hall–Kier alpha value is -0.280. The molecule has 0 aliphatic heterocycles. The molecule has 0 spiro atoms. The minimum absolute atomic E-state index is 0.721. The van der Waals surface area contributed by atoms with Crippen LogP contribution in [0.15, 0.2) is 45.3 Å². The first-order chi connectivity index (χ1) is 8.56. The lowest BCUT2D eigenvalue weighted by atomic mass is 10.0. The van der Waals surface area contributed by atoms with E-state index in [1.54, 1.807) is 0 Å². The molecule has 0 fully saturated rings. The third kappa shape index (κ3) is 2.05. The topological polar surface area (TPSA) is 0 Å². The van der Waals surface area contributed by atoms with E-state index in [1.807, 2.05) is 30.3 Å². The molecule has 0 nitrogen and oxygen atoms in total. The van der Waals surface area contributed by atoms with Gasteiger partial charge < -0.3 is 0 Å². The number of hydrogen-bond donors (Lipinski definition) is 0. The fraction of sp³-hybridized carbons (Fsp3) is 0. The molecule has 0 atom stereocenters. The molecule has 4 heteroatoms. The molecule has 0 saturated heterocycles. The summed E-state index contributed by atoms with van der Waals surface area (Å²) in [6, 6.07) is 11.9. The maximum absolute atomic E-state index is 6.36. The lowest BCUT2D eigenvalue weighted by molar-refractivity contribution is 1.70. The number of fused-ring (bicyclic) bond motifs is 3. The van der Waals surface area contributed by atoms with Crippen LogP contribution in [-0.4, -0.2) is 0 Å². The molecule has 90 valence electrons. The van der Waals surface area contributed by atoms with E-state index in [1.165, 1.54) is 0 Å². The molecule has 3 aromatic carbocycles. The Labute approximate surface area is 131 Å². The van der Waals surface area contributed by atoms with Gasteiger partial charge in [0.25, 0.3) is 0 Å². The molecule has 0 heterocycles. The third-order valence-electron chi connectivity index (χ3n) is 2.88. The summed E-state index contributed by atoms with van der Waals surface area (Å²) in [5.41, 5.74) is 0. The molecule has 0 saturated carbocycles. The van der Waals surface area contributed by atoms with E-state index in [0.717, 1.165) is 40.5 Å². The van der Waals surface area contributed by atoms with Gasteiger partial charge in [-0.05, 0) is 35.0 Å². The Bertz CT molecular complexity index is 782. The van der Waals surface area contributed by atoms with Crippen molar-refractivity contribution in [1.29, 1.82) is 0 Å². The van der Waals surface area contributed by atoms with Gasteiger partial charge in [0, 0.05) is 24.7 Å². The van der Waals surface area contributed by atoms with Gasteiger partial charge in [-0.2, -0.15) is 0 Å². The average Bonchev–Trinajstić information content (AvgIpc) is 2.26. The predicted octanol–water partition coefficient (Wildman–Crippen LogP) is 6.82. The quantitative estimate of drug-likeness (QED) is 0.360. The van der Waals surface area contributed by atoms with Crippen LogP contribution in [0, 0.1) is 0 Å². The number of rotatable bonds is 0. The highest BCUT2D eigenvalue weighted by Crippen LogP contribution is 2.37. The SMILES string of the molecule is Clc1cc(Br)cc2c1ccc1cc(Br)cc(Cl)c12. The molecule has 3 rings (SSSR count). The summed E-state index contributed by atoms with van der Waals surface area (Å²) < 4.78 is 1.92. The van der Waals surface area contributed by atoms with Gasteiger partial charge in [-0.25, -0.2) is 0 Å². The summed E-state index contributed by atoms with van der Waals surface area (Å²) >= 11 is 19.5. The average molecular weight is 405 g/mol. The summed E-state index contributed by atoms with van der Waals surface area (Å²) in [5.74, 6) is 0. The maximum Gasteiger partial charge on any atom is 0.0501 e. The largest absolute Gasteiger partial charge is 0.0836 e. The summed E-state index contributed by atoms with van der Waals surface area (Å²) in [6.07, 6.45) is 0. The highest BCUT2D eigenvalue weighted by molar-refractivity contribution is 9.10. The van der Waals surface area contributed by atoms with E-state index in [-0.39, 0.29) is 0 Å². The van der Waals surface area contributed by atoms with Crippen LogP contribution in [0.1, 0.15) is 0 Å². The van der Waals surface area contributed by atoms with Crippen LogP contribution in [0.2, 0.25) is 10.0 Å². The molecule has 0 N–H and O–H groups in total. The van der Waals surface area contributed by atoms with Crippen molar-refractivity contribution in [3.05, 3.63) is 55.4 Å². The fourth-order valence-electron chi connectivity index (χ4n) is 2.14. The third-order valence-corrected chi connectivity index (χ3v) is 4.41. The van der Waals surface area contributed by atoms with Gasteiger partial charge in [0.1, 0.15) is 0 Å². The molecule has 0 aliphatic rings. The second-order valence-corrected chi connectivity index (χ2v) is 6.68. The minimum atomic E-state index is 0.721. The molecule has 0 amide bonds. The molecule has 18 heavy (non-hydrogen) atoms. The first kappa shape index (κ1) is 12.7. The van der Waals surface area contributed by atoms with Gasteiger partial charge in [-0.15, -0.1) is 0 Å². The highest BCUT2D eigenvalue weighted by atomic mass is 79.9. The summed E-state index contributed by atoms with van der Waals surface area (Å²) in [6.45, 7) is 0. The number of hydrogen-bond acceptors (Lipinski definition) is 0. The molecule has 0 aliphatic carbocycles. The van der Waals surface area contributed by atoms with Crippen LogP contribution in [0.25, 0.3) is 21.5 Å². The normalized spacial score (nSPS) is 11.3. The lowest BCUT2D eigenvalue weighted by Gasteiger charge is -2.08. The first-order valence-electron chi connectivity index (χ1n) is 5.23. The maximum atomic E-state index is 6.36. The van der Waals surface area contributed by atoms with Crippen molar-refractivity contribution < 1.29 is 0 Å². The molecule has 0 unspecified atom stereocenters. The van der Waals surface area contributed by atoms with Gasteiger partial charge in [0.05, 0.1) is 5.02 Å². The van der Waals surface area contributed by atoms with E-state index in [4.69, 9.17) is 23.2 Å². The molecular weight excluding hydrogens is 399 g/mol. The van der Waals surface area contributed by atoms with Gasteiger partial charge >= 0.3 is 0 Å². The van der Waals surface area contributed by atoms with Crippen molar-refractivity contribution >= 4 is 76.6 Å². The first-order valence-corrected chi connectivity index (χ1v) is 7.57. The van der Waals surface area contributed by atoms with Crippen LogP contribution in [0.3, 0.4) is 0 Å². The van der Waals surface area contributed by atoms with Crippen molar-refractivity contribution in [3.63, 3.8) is 0 Å². The zero-order chi connectivity index (χ0) is 12.9. The van der Waals surface area contributed by atoms with Crippen molar-refractivity contribution in [2.24, 2.45) is 0 Å². The van der Waals surface area contributed by atoms with Crippen molar-refractivity contribution in [2.45, 2.75) is 0 Å². The van der Waals surface area contributed by atoms with E-state index in [9.17, 15) is 0 Å². The highest BCUT2D eigenvalue weighted by Gasteiger charge is 2.09. The fourth-order valence-corrected chi connectivity index (χ4v) is 3.95. The molecule has 0 radical (unpaired) electrons.